The summed E-state index contributed by atoms with van der Waals surface area (Å²) in [4.78, 5) is 1.44. The minimum absolute atomic E-state index is 0.117. The van der Waals surface area contributed by atoms with Gasteiger partial charge in [0.05, 0.1) is 6.54 Å². The van der Waals surface area contributed by atoms with E-state index >= 15 is 0 Å². The van der Waals surface area contributed by atoms with Crippen molar-refractivity contribution in [2.75, 3.05) is 19.6 Å². The summed E-state index contributed by atoms with van der Waals surface area (Å²) in [5.41, 5.74) is 0.957. The molecule has 1 nitrogen and oxygen atoms in total. The van der Waals surface area contributed by atoms with Crippen molar-refractivity contribution >= 4 is 11.6 Å². The van der Waals surface area contributed by atoms with Crippen LogP contribution in [0.3, 0.4) is 0 Å². The van der Waals surface area contributed by atoms with Gasteiger partial charge in [0.2, 0.25) is 0 Å². The molecule has 0 amide bonds. The minimum atomic E-state index is -4.12. The summed E-state index contributed by atoms with van der Waals surface area (Å²) in [6.45, 7) is 0.0899. The van der Waals surface area contributed by atoms with E-state index in [0.29, 0.717) is 18.1 Å². The lowest BCUT2D eigenvalue weighted by molar-refractivity contribution is -0.143. The molecule has 1 aromatic rings. The fourth-order valence-corrected chi connectivity index (χ4v) is 2.58. The van der Waals surface area contributed by atoms with Crippen molar-refractivity contribution < 1.29 is 13.2 Å². The number of hydrogen-bond acceptors (Lipinski definition) is 1. The first kappa shape index (κ1) is 12.7. The third-order valence-corrected chi connectivity index (χ3v) is 3.36. The number of halogens is 4. The van der Waals surface area contributed by atoms with Gasteiger partial charge in [-0.1, -0.05) is 29.8 Å². The van der Waals surface area contributed by atoms with E-state index in [-0.39, 0.29) is 5.92 Å². The summed E-state index contributed by atoms with van der Waals surface area (Å²) in [5.74, 6) is 0.117. The third kappa shape index (κ3) is 3.36. The summed E-state index contributed by atoms with van der Waals surface area (Å²) in [7, 11) is 0. The highest BCUT2D eigenvalue weighted by Crippen LogP contribution is 2.33. The van der Waals surface area contributed by atoms with Gasteiger partial charge in [0.25, 0.3) is 0 Å². The number of hydrogen-bond donors (Lipinski definition) is 0. The first-order valence-corrected chi connectivity index (χ1v) is 5.87. The van der Waals surface area contributed by atoms with Gasteiger partial charge in [-0.3, -0.25) is 4.90 Å². The van der Waals surface area contributed by atoms with Crippen LogP contribution in [0.2, 0.25) is 5.02 Å². The second-order valence-corrected chi connectivity index (χ2v) is 4.76. The number of rotatable bonds is 2. The Morgan fingerprint density at radius 2 is 2.00 bits per heavy atom. The van der Waals surface area contributed by atoms with Gasteiger partial charge >= 0.3 is 6.18 Å². The van der Waals surface area contributed by atoms with Crippen molar-refractivity contribution in [1.29, 1.82) is 0 Å². The number of alkyl halides is 3. The normalized spacial score (nSPS) is 22.0. The molecule has 1 fully saturated rings. The molecular formula is C12H13ClF3N. The lowest BCUT2D eigenvalue weighted by atomic mass is 9.98. The Bertz CT molecular complexity index is 392. The van der Waals surface area contributed by atoms with Crippen molar-refractivity contribution in [2.24, 2.45) is 0 Å². The zero-order valence-electron chi connectivity index (χ0n) is 9.17. The third-order valence-electron chi connectivity index (χ3n) is 3.02. The van der Waals surface area contributed by atoms with Crippen molar-refractivity contribution in [3.05, 3.63) is 34.9 Å². The number of likely N-dealkylation sites (tertiary alicyclic amines) is 1. The second kappa shape index (κ2) is 4.86. The predicted octanol–water partition coefficient (Wildman–Crippen LogP) is 3.69. The summed E-state index contributed by atoms with van der Waals surface area (Å²) in [6, 6.07) is 7.37. The van der Waals surface area contributed by atoms with Crippen molar-refractivity contribution in [3.63, 3.8) is 0 Å². The highest BCUT2D eigenvalue weighted by molar-refractivity contribution is 6.31. The lowest BCUT2D eigenvalue weighted by Crippen LogP contribution is -2.32. The maximum atomic E-state index is 12.2. The molecule has 94 valence electrons. The summed E-state index contributed by atoms with van der Waals surface area (Å²) >= 11 is 6.04. The molecule has 1 aliphatic rings. The van der Waals surface area contributed by atoms with E-state index in [1.165, 1.54) is 4.90 Å². The van der Waals surface area contributed by atoms with E-state index in [9.17, 15) is 13.2 Å². The average Bonchev–Trinajstić information content (AvgIpc) is 2.64. The fourth-order valence-electron chi connectivity index (χ4n) is 2.29. The highest BCUT2D eigenvalue weighted by Gasteiger charge is 2.34. The van der Waals surface area contributed by atoms with Gasteiger partial charge in [-0.2, -0.15) is 13.2 Å². The van der Waals surface area contributed by atoms with Gasteiger partial charge in [0, 0.05) is 11.6 Å². The van der Waals surface area contributed by atoms with Crippen LogP contribution in [0.15, 0.2) is 24.3 Å². The summed E-state index contributed by atoms with van der Waals surface area (Å²) in [5, 5.41) is 0.645. The second-order valence-electron chi connectivity index (χ2n) is 4.36. The van der Waals surface area contributed by atoms with E-state index in [0.717, 1.165) is 12.0 Å². The van der Waals surface area contributed by atoms with Crippen LogP contribution in [0, 0.1) is 0 Å². The molecule has 1 atom stereocenters. The van der Waals surface area contributed by atoms with Gasteiger partial charge < -0.3 is 0 Å². The topological polar surface area (TPSA) is 3.24 Å². The molecule has 2 rings (SSSR count). The van der Waals surface area contributed by atoms with Crippen LogP contribution in [0.25, 0.3) is 0 Å². The van der Waals surface area contributed by atoms with Crippen LogP contribution < -0.4 is 0 Å². The van der Waals surface area contributed by atoms with Crippen LogP contribution in [0.5, 0.6) is 0 Å². The Labute approximate surface area is 103 Å². The molecule has 0 bridgehead atoms. The molecular weight excluding hydrogens is 251 g/mol. The smallest absolute Gasteiger partial charge is 0.294 e. The average molecular weight is 264 g/mol. The molecule has 17 heavy (non-hydrogen) atoms. The standard InChI is InChI=1S/C12H13ClF3N/c13-11-4-2-1-3-10(11)9-5-6-17(7-9)8-12(14,15)16/h1-4,9H,5-8H2/t9-/m0/s1. The van der Waals surface area contributed by atoms with Crippen LogP contribution in [0.1, 0.15) is 17.9 Å². The van der Waals surface area contributed by atoms with Crippen molar-refractivity contribution in [1.82, 2.24) is 4.90 Å². The first-order chi connectivity index (χ1) is 7.96. The van der Waals surface area contributed by atoms with E-state index in [2.05, 4.69) is 0 Å². The quantitative estimate of drug-likeness (QED) is 0.787. The van der Waals surface area contributed by atoms with Gasteiger partial charge in [-0.15, -0.1) is 0 Å². The Kier molecular flexibility index (Phi) is 3.64. The van der Waals surface area contributed by atoms with Gasteiger partial charge in [-0.05, 0) is 30.5 Å². The van der Waals surface area contributed by atoms with Crippen LogP contribution in [-0.4, -0.2) is 30.7 Å². The Morgan fingerprint density at radius 1 is 1.29 bits per heavy atom. The molecule has 1 heterocycles. The molecule has 0 aromatic heterocycles. The Balaban J connectivity index is 2.01. The summed E-state index contributed by atoms with van der Waals surface area (Å²) in [6.07, 6.45) is -3.38. The molecule has 0 saturated carbocycles. The predicted molar refractivity (Wildman–Crippen MR) is 61.3 cm³/mol. The maximum Gasteiger partial charge on any atom is 0.401 e. The van der Waals surface area contributed by atoms with E-state index < -0.39 is 12.7 Å². The van der Waals surface area contributed by atoms with Crippen LogP contribution >= 0.6 is 11.6 Å². The Morgan fingerprint density at radius 3 is 2.65 bits per heavy atom. The lowest BCUT2D eigenvalue weighted by Gasteiger charge is -2.18. The van der Waals surface area contributed by atoms with Crippen LogP contribution in [-0.2, 0) is 0 Å². The van der Waals surface area contributed by atoms with E-state index in [1.807, 2.05) is 18.2 Å². The minimum Gasteiger partial charge on any atom is -0.294 e. The molecule has 5 heteroatoms. The monoisotopic (exact) mass is 263 g/mol. The van der Waals surface area contributed by atoms with Gasteiger partial charge in [0.1, 0.15) is 0 Å². The van der Waals surface area contributed by atoms with Gasteiger partial charge in [0.15, 0.2) is 0 Å². The SMILES string of the molecule is FC(F)(F)CN1CC[C@H](c2ccccc2Cl)C1. The molecule has 1 aromatic carbocycles. The molecule has 0 spiro atoms. The van der Waals surface area contributed by atoms with E-state index in [4.69, 9.17) is 11.6 Å². The molecule has 1 saturated heterocycles. The first-order valence-electron chi connectivity index (χ1n) is 5.49. The van der Waals surface area contributed by atoms with Crippen LogP contribution in [0.4, 0.5) is 13.2 Å². The summed E-state index contributed by atoms with van der Waals surface area (Å²) < 4.78 is 36.7. The van der Waals surface area contributed by atoms with Crippen molar-refractivity contribution in [2.45, 2.75) is 18.5 Å². The maximum absolute atomic E-state index is 12.2. The van der Waals surface area contributed by atoms with E-state index in [1.54, 1.807) is 6.07 Å². The molecule has 1 aliphatic heterocycles. The largest absolute Gasteiger partial charge is 0.401 e. The fraction of sp³-hybridized carbons (Fsp3) is 0.500. The zero-order valence-corrected chi connectivity index (χ0v) is 9.93. The van der Waals surface area contributed by atoms with Gasteiger partial charge in [-0.25, -0.2) is 0 Å². The molecule has 0 N–H and O–H groups in total. The number of benzene rings is 1. The zero-order chi connectivity index (χ0) is 12.5. The number of nitrogens with zero attached hydrogens (tertiary/aromatic N) is 1. The molecule has 0 radical (unpaired) electrons. The highest BCUT2D eigenvalue weighted by atomic mass is 35.5. The molecule has 0 unspecified atom stereocenters. The molecule has 0 aliphatic carbocycles. The van der Waals surface area contributed by atoms with Crippen molar-refractivity contribution in [3.8, 4) is 0 Å². The Hall–Kier alpha value is -0.740.